The first kappa shape index (κ1) is 28.3. The highest BCUT2D eigenvalue weighted by Gasteiger charge is 2.37. The number of halogens is 2. The molecule has 1 saturated carbocycles. The van der Waals surface area contributed by atoms with Crippen molar-refractivity contribution in [2.24, 2.45) is 5.16 Å². The average Bonchev–Trinajstić information content (AvgIpc) is 2.92. The van der Waals surface area contributed by atoms with Crippen LogP contribution in [0.4, 0.5) is 8.78 Å². The lowest BCUT2D eigenvalue weighted by Gasteiger charge is -2.40. The highest BCUT2D eigenvalue weighted by atomic mass is 19.1. The van der Waals surface area contributed by atoms with Crippen LogP contribution in [0.3, 0.4) is 0 Å². The first-order chi connectivity index (χ1) is 18.8. The second-order valence-corrected chi connectivity index (χ2v) is 9.98. The summed E-state index contributed by atoms with van der Waals surface area (Å²) in [7, 11) is 1.54. The SMILES string of the molecule is CON=C1CCC(NCC(O)C(Cc2cc(F)cc(F)c2)NC(C)=O)(c2cccc(-c3ccncc3)c2)CC1. The molecule has 0 radical (unpaired) electrons. The fourth-order valence-corrected chi connectivity index (χ4v) is 5.26. The molecule has 1 fully saturated rings. The molecule has 4 rings (SSSR count). The van der Waals surface area contributed by atoms with Crippen LogP contribution in [0.1, 0.15) is 43.7 Å². The highest BCUT2D eigenvalue weighted by molar-refractivity contribution is 5.85. The van der Waals surface area contributed by atoms with Crippen LogP contribution < -0.4 is 10.6 Å². The van der Waals surface area contributed by atoms with E-state index in [4.69, 9.17) is 4.84 Å². The maximum absolute atomic E-state index is 13.8. The molecule has 0 spiro atoms. The van der Waals surface area contributed by atoms with Crippen LogP contribution in [-0.4, -0.2) is 47.5 Å². The van der Waals surface area contributed by atoms with E-state index in [9.17, 15) is 18.7 Å². The van der Waals surface area contributed by atoms with Gasteiger partial charge in [0.05, 0.1) is 17.9 Å². The van der Waals surface area contributed by atoms with Gasteiger partial charge in [-0.25, -0.2) is 8.78 Å². The maximum Gasteiger partial charge on any atom is 0.217 e. The topological polar surface area (TPSA) is 95.8 Å². The second kappa shape index (κ2) is 12.9. The molecule has 0 aliphatic heterocycles. The van der Waals surface area contributed by atoms with Crippen LogP contribution in [0, 0.1) is 11.6 Å². The molecule has 0 saturated heterocycles. The van der Waals surface area contributed by atoms with Gasteiger partial charge < -0.3 is 20.6 Å². The van der Waals surface area contributed by atoms with Gasteiger partial charge in [-0.1, -0.05) is 23.4 Å². The molecule has 206 valence electrons. The Morgan fingerprint density at radius 1 is 1.08 bits per heavy atom. The number of aromatic nitrogens is 1. The third-order valence-corrected chi connectivity index (χ3v) is 7.21. The Morgan fingerprint density at radius 3 is 2.41 bits per heavy atom. The smallest absolute Gasteiger partial charge is 0.217 e. The van der Waals surface area contributed by atoms with Crippen molar-refractivity contribution in [2.45, 2.75) is 56.7 Å². The number of oxime groups is 1. The number of carbonyl (C=O) groups is 1. The molecule has 2 aromatic carbocycles. The Balaban J connectivity index is 1.58. The summed E-state index contributed by atoms with van der Waals surface area (Å²) < 4.78 is 27.6. The summed E-state index contributed by atoms with van der Waals surface area (Å²) >= 11 is 0. The van der Waals surface area contributed by atoms with Crippen molar-refractivity contribution in [3.63, 3.8) is 0 Å². The van der Waals surface area contributed by atoms with Gasteiger partial charge in [0.2, 0.25) is 5.91 Å². The first-order valence-corrected chi connectivity index (χ1v) is 13.0. The van der Waals surface area contributed by atoms with Crippen LogP contribution in [0.2, 0.25) is 0 Å². The van der Waals surface area contributed by atoms with Crippen molar-refractivity contribution in [1.82, 2.24) is 15.6 Å². The summed E-state index contributed by atoms with van der Waals surface area (Å²) in [6.45, 7) is 1.50. The second-order valence-electron chi connectivity index (χ2n) is 9.98. The zero-order valence-corrected chi connectivity index (χ0v) is 22.2. The summed E-state index contributed by atoms with van der Waals surface area (Å²) in [5.74, 6) is -1.75. The van der Waals surface area contributed by atoms with Crippen LogP contribution in [0.5, 0.6) is 0 Å². The number of nitrogens with zero attached hydrogens (tertiary/aromatic N) is 2. The van der Waals surface area contributed by atoms with Crippen molar-refractivity contribution < 1.29 is 23.5 Å². The van der Waals surface area contributed by atoms with E-state index in [1.54, 1.807) is 12.4 Å². The molecule has 1 aliphatic carbocycles. The molecule has 1 heterocycles. The van der Waals surface area contributed by atoms with Crippen molar-refractivity contribution >= 4 is 11.6 Å². The predicted octanol–water partition coefficient (Wildman–Crippen LogP) is 4.50. The molecule has 39 heavy (non-hydrogen) atoms. The minimum Gasteiger partial charge on any atom is -0.399 e. The van der Waals surface area contributed by atoms with Gasteiger partial charge in [-0.15, -0.1) is 0 Å². The predicted molar refractivity (Wildman–Crippen MR) is 146 cm³/mol. The highest BCUT2D eigenvalue weighted by Crippen LogP contribution is 2.38. The third-order valence-electron chi connectivity index (χ3n) is 7.21. The van der Waals surface area contributed by atoms with E-state index >= 15 is 0 Å². The molecule has 1 amide bonds. The molecule has 7 nitrogen and oxygen atoms in total. The molecule has 3 aromatic rings. The van der Waals surface area contributed by atoms with Gasteiger partial charge in [0.15, 0.2) is 0 Å². The Morgan fingerprint density at radius 2 is 1.77 bits per heavy atom. The number of rotatable bonds is 10. The third kappa shape index (κ3) is 7.46. The monoisotopic (exact) mass is 536 g/mol. The number of benzene rings is 2. The zero-order valence-electron chi connectivity index (χ0n) is 22.2. The average molecular weight is 537 g/mol. The van der Waals surface area contributed by atoms with E-state index < -0.39 is 29.3 Å². The van der Waals surface area contributed by atoms with Crippen molar-refractivity contribution in [1.29, 1.82) is 0 Å². The summed E-state index contributed by atoms with van der Waals surface area (Å²) in [6.07, 6.45) is 5.45. The molecule has 3 N–H and O–H groups in total. The van der Waals surface area contributed by atoms with E-state index in [2.05, 4.69) is 32.9 Å². The Labute approximate surface area is 227 Å². The summed E-state index contributed by atoms with van der Waals surface area (Å²) in [6, 6.07) is 14.7. The number of nitrogens with one attached hydrogen (secondary N) is 2. The molecule has 0 bridgehead atoms. The lowest BCUT2D eigenvalue weighted by atomic mass is 9.75. The van der Waals surface area contributed by atoms with Crippen molar-refractivity contribution in [3.8, 4) is 11.1 Å². The standard InChI is InChI=1S/C30H34F2N4O3/c1-20(37)35-28(16-21-14-25(31)18-26(32)15-21)29(38)19-34-30(10-6-27(7-11-30)36-39-2)24-5-3-4-23(17-24)22-8-12-33-13-9-22/h3-5,8-9,12-15,17-18,28-29,34,38H,6-7,10-11,16,19H2,1-2H3,(H,35,37). The molecular weight excluding hydrogens is 502 g/mol. The Bertz CT molecular complexity index is 1270. The number of pyridine rings is 1. The van der Waals surface area contributed by atoms with Gasteiger partial charge in [-0.2, -0.15) is 0 Å². The summed E-state index contributed by atoms with van der Waals surface area (Å²) in [5, 5.41) is 21.7. The molecule has 2 atom stereocenters. The van der Waals surface area contributed by atoms with Crippen LogP contribution in [-0.2, 0) is 21.6 Å². The minimum atomic E-state index is -1.02. The van der Waals surface area contributed by atoms with Gasteiger partial charge in [-0.05, 0) is 84.7 Å². The fourth-order valence-electron chi connectivity index (χ4n) is 5.26. The maximum atomic E-state index is 13.8. The van der Waals surface area contributed by atoms with Gasteiger partial charge >= 0.3 is 0 Å². The van der Waals surface area contributed by atoms with Gasteiger partial charge in [0, 0.05) is 37.5 Å². The van der Waals surface area contributed by atoms with E-state index in [0.29, 0.717) is 18.4 Å². The molecule has 1 aromatic heterocycles. The Hall–Kier alpha value is -3.69. The number of hydrogen-bond acceptors (Lipinski definition) is 6. The van der Waals surface area contributed by atoms with Crippen molar-refractivity contribution in [2.75, 3.05) is 13.7 Å². The molecular formula is C30H34F2N4O3. The minimum absolute atomic E-state index is 0.0757. The lowest BCUT2D eigenvalue weighted by molar-refractivity contribution is -0.120. The fraction of sp³-hybridized carbons (Fsp3) is 0.367. The van der Waals surface area contributed by atoms with Crippen LogP contribution in [0.25, 0.3) is 11.1 Å². The van der Waals surface area contributed by atoms with Crippen molar-refractivity contribution in [3.05, 3.63) is 89.8 Å². The summed E-state index contributed by atoms with van der Waals surface area (Å²) in [5.41, 5.74) is 4.03. The number of aliphatic hydroxyl groups is 1. The number of carbonyl (C=O) groups excluding carboxylic acids is 1. The molecule has 9 heteroatoms. The molecule has 2 unspecified atom stereocenters. The van der Waals surface area contributed by atoms with Gasteiger partial charge in [0.1, 0.15) is 18.7 Å². The summed E-state index contributed by atoms with van der Waals surface area (Å²) in [4.78, 5) is 21.0. The lowest BCUT2D eigenvalue weighted by Crippen LogP contribution is -2.53. The quantitative estimate of drug-likeness (QED) is 0.332. The van der Waals surface area contributed by atoms with E-state index in [1.165, 1.54) is 26.2 Å². The molecule has 1 aliphatic rings. The first-order valence-electron chi connectivity index (χ1n) is 13.0. The van der Waals surface area contributed by atoms with Crippen LogP contribution in [0.15, 0.2) is 72.1 Å². The van der Waals surface area contributed by atoms with E-state index in [1.807, 2.05) is 24.3 Å². The largest absolute Gasteiger partial charge is 0.399 e. The van der Waals surface area contributed by atoms with Gasteiger partial charge in [0.25, 0.3) is 0 Å². The Kier molecular flexibility index (Phi) is 9.37. The number of aliphatic hydroxyl groups excluding tert-OH is 1. The zero-order chi connectivity index (χ0) is 27.8. The van der Waals surface area contributed by atoms with Crippen LogP contribution >= 0.6 is 0 Å². The van der Waals surface area contributed by atoms with E-state index in [0.717, 1.165) is 41.3 Å². The van der Waals surface area contributed by atoms with Gasteiger partial charge in [-0.3, -0.25) is 9.78 Å². The number of amides is 1. The normalized spacial score (nSPS) is 18.7. The number of hydrogen-bond donors (Lipinski definition) is 3. The van der Waals surface area contributed by atoms with E-state index in [-0.39, 0.29) is 18.9 Å².